The Hall–Kier alpha value is -1.82. The Balaban J connectivity index is 2.87. The molecule has 0 bridgehead atoms. The molecule has 0 spiro atoms. The molecular weight excluding hydrogens is 236 g/mol. The summed E-state index contributed by atoms with van der Waals surface area (Å²) in [6.45, 7) is 8.48. The van der Waals surface area contributed by atoms with Crippen molar-refractivity contribution in [3.05, 3.63) is 29.8 Å². The van der Waals surface area contributed by atoms with Gasteiger partial charge in [0.15, 0.2) is 0 Å². The topological polar surface area (TPSA) is 44.1 Å². The lowest BCUT2D eigenvalue weighted by Gasteiger charge is -2.28. The number of benzene rings is 1. The first kappa shape index (κ1) is 15.2. The molecule has 0 aliphatic rings. The normalized spacial score (nSPS) is 12.6. The van der Waals surface area contributed by atoms with Gasteiger partial charge in [-0.15, -0.1) is 0 Å². The standard InChI is InChI=1S/C16H22N2O/c1-12(16(2,3)4)10-15(19)18(5)14-9-7-6-8-13(14)11-17/h6-9,12H,10H2,1-5H3. The molecule has 1 atom stereocenters. The van der Waals surface area contributed by atoms with Crippen LogP contribution in [0.1, 0.15) is 39.7 Å². The fraction of sp³-hybridized carbons (Fsp3) is 0.500. The summed E-state index contributed by atoms with van der Waals surface area (Å²) < 4.78 is 0. The Morgan fingerprint density at radius 1 is 1.37 bits per heavy atom. The molecule has 0 heterocycles. The van der Waals surface area contributed by atoms with E-state index in [0.717, 1.165) is 0 Å². The van der Waals surface area contributed by atoms with Gasteiger partial charge >= 0.3 is 0 Å². The zero-order valence-corrected chi connectivity index (χ0v) is 12.4. The van der Waals surface area contributed by atoms with Gasteiger partial charge in [0.05, 0.1) is 11.3 Å². The molecule has 0 radical (unpaired) electrons. The maximum Gasteiger partial charge on any atom is 0.227 e. The molecule has 0 aliphatic heterocycles. The Kier molecular flexibility index (Phi) is 4.72. The smallest absolute Gasteiger partial charge is 0.227 e. The molecule has 19 heavy (non-hydrogen) atoms. The van der Waals surface area contributed by atoms with Crippen molar-refractivity contribution in [2.24, 2.45) is 11.3 Å². The molecule has 102 valence electrons. The molecule has 1 aromatic carbocycles. The van der Waals surface area contributed by atoms with Crippen molar-refractivity contribution in [1.82, 2.24) is 0 Å². The van der Waals surface area contributed by atoms with Crippen LogP contribution >= 0.6 is 0 Å². The molecule has 3 heteroatoms. The van der Waals surface area contributed by atoms with Crippen molar-refractivity contribution in [3.8, 4) is 6.07 Å². The highest BCUT2D eigenvalue weighted by molar-refractivity contribution is 5.94. The van der Waals surface area contributed by atoms with Gasteiger partial charge in [-0.1, -0.05) is 39.8 Å². The van der Waals surface area contributed by atoms with Gasteiger partial charge in [-0.05, 0) is 23.5 Å². The second-order valence-electron chi connectivity index (χ2n) is 6.05. The molecule has 0 aliphatic carbocycles. The molecule has 0 saturated heterocycles. The number of amides is 1. The number of carbonyl (C=O) groups excluding carboxylic acids is 1. The van der Waals surface area contributed by atoms with E-state index in [0.29, 0.717) is 17.7 Å². The number of nitrogens with zero attached hydrogens (tertiary/aromatic N) is 2. The molecule has 0 aromatic heterocycles. The summed E-state index contributed by atoms with van der Waals surface area (Å²) in [5.74, 6) is 0.335. The number of hydrogen-bond acceptors (Lipinski definition) is 2. The number of carbonyl (C=O) groups is 1. The third kappa shape index (κ3) is 3.82. The van der Waals surface area contributed by atoms with E-state index in [-0.39, 0.29) is 17.2 Å². The van der Waals surface area contributed by atoms with Crippen molar-refractivity contribution in [3.63, 3.8) is 0 Å². The summed E-state index contributed by atoms with van der Waals surface area (Å²) in [6.07, 6.45) is 0.486. The number of hydrogen-bond donors (Lipinski definition) is 0. The summed E-state index contributed by atoms with van der Waals surface area (Å²) in [5, 5.41) is 9.07. The predicted octanol–water partition coefficient (Wildman–Crippen LogP) is 3.59. The minimum absolute atomic E-state index is 0.0464. The van der Waals surface area contributed by atoms with Crippen LogP contribution in [0.25, 0.3) is 0 Å². The van der Waals surface area contributed by atoms with Gasteiger partial charge in [0.1, 0.15) is 6.07 Å². The quantitative estimate of drug-likeness (QED) is 0.831. The van der Waals surface area contributed by atoms with Gasteiger partial charge in [-0.25, -0.2) is 0 Å². The van der Waals surface area contributed by atoms with Crippen LogP contribution in [0, 0.1) is 22.7 Å². The van der Waals surface area contributed by atoms with E-state index in [4.69, 9.17) is 5.26 Å². The van der Waals surface area contributed by atoms with Crippen LogP contribution in [0.15, 0.2) is 24.3 Å². The number of rotatable bonds is 3. The number of nitriles is 1. The van der Waals surface area contributed by atoms with Crippen molar-refractivity contribution < 1.29 is 4.79 Å². The number of para-hydroxylation sites is 1. The van der Waals surface area contributed by atoms with Gasteiger partial charge in [0.25, 0.3) is 0 Å². The van der Waals surface area contributed by atoms with E-state index < -0.39 is 0 Å². The lowest BCUT2D eigenvalue weighted by Crippen LogP contribution is -2.31. The minimum Gasteiger partial charge on any atom is -0.314 e. The molecule has 1 amide bonds. The molecule has 0 N–H and O–H groups in total. The van der Waals surface area contributed by atoms with Crippen LogP contribution in [-0.4, -0.2) is 13.0 Å². The third-order valence-electron chi connectivity index (χ3n) is 3.72. The fourth-order valence-electron chi connectivity index (χ4n) is 1.70. The lowest BCUT2D eigenvalue weighted by atomic mass is 9.80. The second kappa shape index (κ2) is 5.88. The Morgan fingerprint density at radius 3 is 2.47 bits per heavy atom. The predicted molar refractivity (Wildman–Crippen MR) is 77.8 cm³/mol. The van der Waals surface area contributed by atoms with Crippen LogP contribution < -0.4 is 4.90 Å². The first-order valence-electron chi connectivity index (χ1n) is 6.53. The summed E-state index contributed by atoms with van der Waals surface area (Å²) in [4.78, 5) is 13.9. The average molecular weight is 258 g/mol. The molecule has 1 aromatic rings. The number of anilines is 1. The van der Waals surface area contributed by atoms with Crippen LogP contribution in [0.2, 0.25) is 0 Å². The highest BCUT2D eigenvalue weighted by Gasteiger charge is 2.25. The van der Waals surface area contributed by atoms with Crippen molar-refractivity contribution in [2.75, 3.05) is 11.9 Å². The molecular formula is C16H22N2O. The van der Waals surface area contributed by atoms with E-state index >= 15 is 0 Å². The molecule has 0 fully saturated rings. The van der Waals surface area contributed by atoms with Crippen molar-refractivity contribution >= 4 is 11.6 Å². The van der Waals surface area contributed by atoms with Crippen LogP contribution in [0.4, 0.5) is 5.69 Å². The fourth-order valence-corrected chi connectivity index (χ4v) is 1.70. The highest BCUT2D eigenvalue weighted by Crippen LogP contribution is 2.29. The van der Waals surface area contributed by atoms with Gasteiger partial charge in [0.2, 0.25) is 5.91 Å². The maximum absolute atomic E-state index is 12.3. The first-order valence-corrected chi connectivity index (χ1v) is 6.53. The largest absolute Gasteiger partial charge is 0.314 e. The van der Waals surface area contributed by atoms with E-state index in [2.05, 4.69) is 33.8 Å². The minimum atomic E-state index is 0.0464. The summed E-state index contributed by atoms with van der Waals surface area (Å²) in [7, 11) is 1.73. The van der Waals surface area contributed by atoms with E-state index in [1.165, 1.54) is 0 Å². The Morgan fingerprint density at radius 2 is 1.95 bits per heavy atom. The van der Waals surface area contributed by atoms with Crippen molar-refractivity contribution in [1.29, 1.82) is 5.26 Å². The summed E-state index contributed by atoms with van der Waals surface area (Å²) in [5.41, 5.74) is 1.31. The summed E-state index contributed by atoms with van der Waals surface area (Å²) >= 11 is 0. The van der Waals surface area contributed by atoms with Gasteiger partial charge in [0, 0.05) is 13.5 Å². The first-order chi connectivity index (χ1) is 8.77. The van der Waals surface area contributed by atoms with Crippen molar-refractivity contribution in [2.45, 2.75) is 34.1 Å². The second-order valence-corrected chi connectivity index (χ2v) is 6.05. The van der Waals surface area contributed by atoms with E-state index in [9.17, 15) is 4.79 Å². The SMILES string of the molecule is CC(CC(=O)N(C)c1ccccc1C#N)C(C)(C)C. The maximum atomic E-state index is 12.3. The third-order valence-corrected chi connectivity index (χ3v) is 3.72. The molecule has 3 nitrogen and oxygen atoms in total. The molecule has 1 unspecified atom stereocenters. The monoisotopic (exact) mass is 258 g/mol. The molecule has 1 rings (SSSR count). The molecule has 0 saturated carbocycles. The highest BCUT2D eigenvalue weighted by atomic mass is 16.2. The summed E-state index contributed by atoms with van der Waals surface area (Å²) in [6, 6.07) is 9.30. The average Bonchev–Trinajstić information content (AvgIpc) is 2.36. The van der Waals surface area contributed by atoms with Crippen LogP contribution in [0.3, 0.4) is 0 Å². The van der Waals surface area contributed by atoms with Gasteiger partial charge in [-0.2, -0.15) is 5.26 Å². The lowest BCUT2D eigenvalue weighted by molar-refractivity contribution is -0.119. The van der Waals surface area contributed by atoms with E-state index in [1.54, 1.807) is 30.1 Å². The Bertz CT molecular complexity index is 494. The Labute approximate surface area is 115 Å². The zero-order chi connectivity index (χ0) is 14.6. The van der Waals surface area contributed by atoms with Gasteiger partial charge < -0.3 is 4.90 Å². The van der Waals surface area contributed by atoms with Crippen LogP contribution in [-0.2, 0) is 4.79 Å². The zero-order valence-electron chi connectivity index (χ0n) is 12.4. The van der Waals surface area contributed by atoms with Crippen LogP contribution in [0.5, 0.6) is 0 Å². The van der Waals surface area contributed by atoms with Gasteiger partial charge in [-0.3, -0.25) is 4.79 Å². The van der Waals surface area contributed by atoms with E-state index in [1.807, 2.05) is 6.07 Å².